The third-order valence-electron chi connectivity index (χ3n) is 3.16. The van der Waals surface area contributed by atoms with Crippen LogP contribution in [-0.2, 0) is 0 Å². The first-order chi connectivity index (χ1) is 10.2. The van der Waals surface area contributed by atoms with E-state index in [-0.39, 0.29) is 11.5 Å². The Hall–Kier alpha value is -2.43. The molecule has 0 bridgehead atoms. The zero-order valence-electron chi connectivity index (χ0n) is 12.1. The van der Waals surface area contributed by atoms with Gasteiger partial charge in [-0.1, -0.05) is 25.8 Å². The zero-order chi connectivity index (χ0) is 15.1. The van der Waals surface area contributed by atoms with Gasteiger partial charge in [0.05, 0.1) is 11.4 Å². The van der Waals surface area contributed by atoms with Gasteiger partial charge < -0.3 is 10.3 Å². The average Bonchev–Trinajstić information content (AvgIpc) is 2.52. The first-order valence-electron chi connectivity index (χ1n) is 7.15. The Bertz CT molecular complexity index is 650. The maximum absolute atomic E-state index is 12.0. The predicted molar refractivity (Wildman–Crippen MR) is 82.2 cm³/mol. The molecule has 0 aliphatic rings. The fourth-order valence-corrected chi connectivity index (χ4v) is 2.00. The Morgan fingerprint density at radius 1 is 1.24 bits per heavy atom. The second kappa shape index (κ2) is 7.38. The molecule has 0 aliphatic heterocycles. The highest BCUT2D eigenvalue weighted by Gasteiger charge is 2.11. The van der Waals surface area contributed by atoms with Crippen molar-refractivity contribution in [2.24, 2.45) is 0 Å². The summed E-state index contributed by atoms with van der Waals surface area (Å²) in [6.07, 6.45) is 4.73. The minimum absolute atomic E-state index is 0.131. The third kappa shape index (κ3) is 4.02. The van der Waals surface area contributed by atoms with E-state index in [1.807, 2.05) is 6.07 Å². The van der Waals surface area contributed by atoms with Crippen LogP contribution in [0.1, 0.15) is 36.5 Å². The molecule has 1 amide bonds. The van der Waals surface area contributed by atoms with E-state index in [1.54, 1.807) is 24.4 Å². The summed E-state index contributed by atoms with van der Waals surface area (Å²) < 4.78 is 0. The Kier molecular flexibility index (Phi) is 5.26. The van der Waals surface area contributed by atoms with Crippen LogP contribution in [0.5, 0.6) is 0 Å². The van der Waals surface area contributed by atoms with Gasteiger partial charge in [-0.05, 0) is 30.7 Å². The largest absolute Gasteiger partial charge is 0.352 e. The van der Waals surface area contributed by atoms with Crippen molar-refractivity contribution in [3.63, 3.8) is 0 Å². The molecule has 5 heteroatoms. The van der Waals surface area contributed by atoms with Crippen LogP contribution in [0, 0.1) is 0 Å². The summed E-state index contributed by atoms with van der Waals surface area (Å²) in [6.45, 7) is 2.69. The Morgan fingerprint density at radius 2 is 2.10 bits per heavy atom. The van der Waals surface area contributed by atoms with Gasteiger partial charge in [-0.2, -0.15) is 0 Å². The van der Waals surface area contributed by atoms with Crippen LogP contribution in [0.25, 0.3) is 11.4 Å². The van der Waals surface area contributed by atoms with Crippen LogP contribution >= 0.6 is 0 Å². The van der Waals surface area contributed by atoms with Crippen LogP contribution in [-0.4, -0.2) is 22.4 Å². The fraction of sp³-hybridized carbons (Fsp3) is 0.312. The van der Waals surface area contributed by atoms with Gasteiger partial charge in [0.15, 0.2) is 0 Å². The molecule has 0 fully saturated rings. The molecule has 0 atom stereocenters. The molecule has 5 nitrogen and oxygen atoms in total. The monoisotopic (exact) mass is 285 g/mol. The van der Waals surface area contributed by atoms with Gasteiger partial charge in [0.2, 0.25) is 0 Å². The van der Waals surface area contributed by atoms with Crippen molar-refractivity contribution < 1.29 is 4.79 Å². The molecule has 0 unspecified atom stereocenters. The molecule has 0 saturated heterocycles. The third-order valence-corrected chi connectivity index (χ3v) is 3.16. The van der Waals surface area contributed by atoms with Gasteiger partial charge >= 0.3 is 0 Å². The van der Waals surface area contributed by atoms with Gasteiger partial charge in [0.1, 0.15) is 5.56 Å². The number of hydrogen-bond donors (Lipinski definition) is 2. The second-order valence-corrected chi connectivity index (χ2v) is 4.79. The van der Waals surface area contributed by atoms with E-state index in [9.17, 15) is 9.59 Å². The number of rotatable bonds is 6. The fourth-order valence-electron chi connectivity index (χ4n) is 2.00. The molecule has 0 spiro atoms. The van der Waals surface area contributed by atoms with E-state index in [2.05, 4.69) is 22.2 Å². The number of H-pyrrole nitrogens is 1. The van der Waals surface area contributed by atoms with Gasteiger partial charge in [-0.3, -0.25) is 14.6 Å². The molecule has 2 rings (SSSR count). The number of aromatic nitrogens is 2. The minimum Gasteiger partial charge on any atom is -0.352 e. The number of nitrogens with zero attached hydrogens (tertiary/aromatic N) is 1. The molecular formula is C16H19N3O2. The predicted octanol–water partition coefficient (Wildman–Crippen LogP) is 2.36. The van der Waals surface area contributed by atoms with E-state index in [1.165, 1.54) is 6.07 Å². The SMILES string of the molecule is CCCCCNC(=O)c1ccc(-c2ccccn2)[nH]c1=O. The van der Waals surface area contributed by atoms with Gasteiger partial charge in [-0.25, -0.2) is 0 Å². The minimum atomic E-state index is -0.397. The Morgan fingerprint density at radius 3 is 2.76 bits per heavy atom. The van der Waals surface area contributed by atoms with Crippen molar-refractivity contribution >= 4 is 5.91 Å². The molecule has 0 saturated carbocycles. The van der Waals surface area contributed by atoms with Crippen LogP contribution in [0.15, 0.2) is 41.3 Å². The number of hydrogen-bond acceptors (Lipinski definition) is 3. The number of carbonyl (C=O) groups is 1. The molecule has 21 heavy (non-hydrogen) atoms. The van der Waals surface area contributed by atoms with Crippen LogP contribution in [0.3, 0.4) is 0 Å². The van der Waals surface area contributed by atoms with Crippen molar-refractivity contribution in [1.29, 1.82) is 0 Å². The molecule has 2 N–H and O–H groups in total. The van der Waals surface area contributed by atoms with Crippen molar-refractivity contribution in [3.8, 4) is 11.4 Å². The van der Waals surface area contributed by atoms with Gasteiger partial charge in [-0.15, -0.1) is 0 Å². The second-order valence-electron chi connectivity index (χ2n) is 4.79. The highest BCUT2D eigenvalue weighted by molar-refractivity contribution is 5.94. The summed E-state index contributed by atoms with van der Waals surface area (Å²) in [4.78, 5) is 30.8. The molecule has 0 aliphatic carbocycles. The first kappa shape index (κ1) is 15.0. The Labute approximate surface area is 123 Å². The average molecular weight is 285 g/mol. The maximum Gasteiger partial charge on any atom is 0.261 e. The maximum atomic E-state index is 12.0. The number of nitrogens with one attached hydrogen (secondary N) is 2. The summed E-state index contributed by atoms with van der Waals surface area (Å²) in [6, 6.07) is 8.69. The summed E-state index contributed by atoms with van der Waals surface area (Å²) in [5.41, 5.74) is 1.00. The lowest BCUT2D eigenvalue weighted by Gasteiger charge is -2.05. The lowest BCUT2D eigenvalue weighted by atomic mass is 10.2. The molecule has 2 aromatic rings. The number of aromatic amines is 1. The summed E-state index contributed by atoms with van der Waals surface area (Å²) >= 11 is 0. The number of carbonyl (C=O) groups excluding carboxylic acids is 1. The summed E-state index contributed by atoms with van der Waals surface area (Å²) in [7, 11) is 0. The van der Waals surface area contributed by atoms with Gasteiger partial charge in [0, 0.05) is 12.7 Å². The number of unbranched alkanes of at least 4 members (excludes halogenated alkanes) is 2. The molecule has 0 radical (unpaired) electrons. The molecule has 2 aromatic heterocycles. The molecule has 2 heterocycles. The van der Waals surface area contributed by atoms with E-state index < -0.39 is 5.56 Å². The van der Waals surface area contributed by atoms with Crippen LogP contribution in [0.4, 0.5) is 0 Å². The van der Waals surface area contributed by atoms with E-state index in [0.717, 1.165) is 19.3 Å². The zero-order valence-corrected chi connectivity index (χ0v) is 12.1. The highest BCUT2D eigenvalue weighted by Crippen LogP contribution is 2.11. The normalized spacial score (nSPS) is 10.3. The smallest absolute Gasteiger partial charge is 0.261 e. The molecular weight excluding hydrogens is 266 g/mol. The highest BCUT2D eigenvalue weighted by atomic mass is 16.2. The first-order valence-corrected chi connectivity index (χ1v) is 7.15. The van der Waals surface area contributed by atoms with E-state index in [0.29, 0.717) is 17.9 Å². The number of amides is 1. The van der Waals surface area contributed by atoms with Crippen molar-refractivity contribution in [2.75, 3.05) is 6.54 Å². The standard InChI is InChI=1S/C16H19N3O2/c1-2-3-5-11-18-15(20)12-8-9-14(19-16(12)21)13-7-4-6-10-17-13/h4,6-10H,2-3,5,11H2,1H3,(H,18,20)(H,19,21). The summed E-state index contributed by atoms with van der Waals surface area (Å²) in [5.74, 6) is -0.333. The van der Waals surface area contributed by atoms with Crippen LogP contribution in [0.2, 0.25) is 0 Å². The molecule has 110 valence electrons. The Balaban J connectivity index is 2.09. The topological polar surface area (TPSA) is 74.8 Å². The lowest BCUT2D eigenvalue weighted by molar-refractivity contribution is 0.0951. The van der Waals surface area contributed by atoms with Crippen molar-refractivity contribution in [2.45, 2.75) is 26.2 Å². The van der Waals surface area contributed by atoms with E-state index >= 15 is 0 Å². The van der Waals surface area contributed by atoms with Gasteiger partial charge in [0.25, 0.3) is 11.5 Å². The number of pyridine rings is 2. The van der Waals surface area contributed by atoms with Crippen LogP contribution < -0.4 is 10.9 Å². The quantitative estimate of drug-likeness (QED) is 0.800. The molecule has 0 aromatic carbocycles. The summed E-state index contributed by atoms with van der Waals surface area (Å²) in [5, 5.41) is 2.76. The van der Waals surface area contributed by atoms with E-state index in [4.69, 9.17) is 0 Å². The van der Waals surface area contributed by atoms with Crippen molar-refractivity contribution in [3.05, 3.63) is 52.4 Å². The van der Waals surface area contributed by atoms with Crippen molar-refractivity contribution in [1.82, 2.24) is 15.3 Å². The lowest BCUT2D eigenvalue weighted by Crippen LogP contribution is -2.30.